The largest absolute Gasteiger partial charge is 0.384 e. The van der Waals surface area contributed by atoms with E-state index in [2.05, 4.69) is 34.2 Å². The smallest absolute Gasteiger partial charge is 0.0992 e. The van der Waals surface area contributed by atoms with Crippen LogP contribution in [0.4, 0.5) is 5.69 Å². The molecule has 0 radical (unpaired) electrons. The van der Waals surface area contributed by atoms with E-state index in [9.17, 15) is 0 Å². The number of hydrogen-bond acceptors (Lipinski definition) is 2. The molecule has 0 aliphatic heterocycles. The highest BCUT2D eigenvalue weighted by Crippen LogP contribution is 2.36. The standard InChI is InChI=1S/C13H15BrN2/c1-9(11-3-4-11)8-16-13-5-2-10(7-15)6-12(13)14/h2,5-6,9,11,16H,3-4,8H2,1H3. The summed E-state index contributed by atoms with van der Waals surface area (Å²) in [6.07, 6.45) is 2.77. The van der Waals surface area contributed by atoms with Gasteiger partial charge < -0.3 is 5.32 Å². The molecule has 0 amide bonds. The van der Waals surface area contributed by atoms with Crippen molar-refractivity contribution in [2.24, 2.45) is 11.8 Å². The van der Waals surface area contributed by atoms with Gasteiger partial charge in [-0.25, -0.2) is 0 Å². The molecule has 0 saturated heterocycles. The number of nitriles is 1. The minimum Gasteiger partial charge on any atom is -0.384 e. The molecule has 1 unspecified atom stereocenters. The number of halogens is 1. The van der Waals surface area contributed by atoms with Crippen molar-refractivity contribution in [3.63, 3.8) is 0 Å². The van der Waals surface area contributed by atoms with E-state index >= 15 is 0 Å². The van der Waals surface area contributed by atoms with E-state index in [0.717, 1.165) is 28.5 Å². The lowest BCUT2D eigenvalue weighted by molar-refractivity contribution is 0.536. The maximum Gasteiger partial charge on any atom is 0.0992 e. The Morgan fingerprint density at radius 1 is 1.56 bits per heavy atom. The van der Waals surface area contributed by atoms with Crippen LogP contribution in [-0.2, 0) is 0 Å². The number of benzene rings is 1. The molecule has 0 bridgehead atoms. The Labute approximate surface area is 105 Å². The van der Waals surface area contributed by atoms with Crippen LogP contribution in [-0.4, -0.2) is 6.54 Å². The van der Waals surface area contributed by atoms with Gasteiger partial charge in [-0.15, -0.1) is 0 Å². The minimum atomic E-state index is 0.688. The molecular formula is C13H15BrN2. The fraction of sp³-hybridized carbons (Fsp3) is 0.462. The first-order chi connectivity index (χ1) is 7.70. The third-order valence-electron chi connectivity index (χ3n) is 3.14. The zero-order valence-electron chi connectivity index (χ0n) is 9.33. The van der Waals surface area contributed by atoms with Crippen LogP contribution in [0.1, 0.15) is 25.3 Å². The average molecular weight is 279 g/mol. The van der Waals surface area contributed by atoms with E-state index in [4.69, 9.17) is 5.26 Å². The lowest BCUT2D eigenvalue weighted by Gasteiger charge is -2.13. The van der Waals surface area contributed by atoms with E-state index in [0.29, 0.717) is 5.56 Å². The molecule has 0 heterocycles. The molecule has 1 saturated carbocycles. The number of nitrogens with zero attached hydrogens (tertiary/aromatic N) is 1. The maximum absolute atomic E-state index is 8.76. The Hall–Kier alpha value is -1.01. The second kappa shape index (κ2) is 4.88. The summed E-state index contributed by atoms with van der Waals surface area (Å²) in [5.74, 6) is 1.66. The molecule has 1 N–H and O–H groups in total. The Kier molecular flexibility index (Phi) is 3.50. The number of rotatable bonds is 4. The van der Waals surface area contributed by atoms with Crippen molar-refractivity contribution in [1.82, 2.24) is 0 Å². The molecule has 3 heteroatoms. The van der Waals surface area contributed by atoms with Crippen molar-refractivity contribution in [3.05, 3.63) is 28.2 Å². The van der Waals surface area contributed by atoms with Crippen LogP contribution in [0.15, 0.2) is 22.7 Å². The summed E-state index contributed by atoms with van der Waals surface area (Å²) in [6.45, 7) is 3.30. The zero-order valence-corrected chi connectivity index (χ0v) is 10.9. The summed E-state index contributed by atoms with van der Waals surface area (Å²) in [5, 5.41) is 12.2. The van der Waals surface area contributed by atoms with Gasteiger partial charge in [0.05, 0.1) is 11.6 Å². The zero-order chi connectivity index (χ0) is 11.5. The van der Waals surface area contributed by atoms with Crippen LogP contribution >= 0.6 is 15.9 Å². The molecule has 2 nitrogen and oxygen atoms in total. The fourth-order valence-corrected chi connectivity index (χ4v) is 2.35. The third-order valence-corrected chi connectivity index (χ3v) is 3.80. The normalized spacial score (nSPS) is 16.6. The highest BCUT2D eigenvalue weighted by molar-refractivity contribution is 9.10. The lowest BCUT2D eigenvalue weighted by atomic mass is 10.1. The van der Waals surface area contributed by atoms with E-state index in [1.165, 1.54) is 12.8 Å². The summed E-state index contributed by atoms with van der Waals surface area (Å²) < 4.78 is 0.967. The van der Waals surface area contributed by atoms with Crippen LogP contribution in [0.5, 0.6) is 0 Å². The lowest BCUT2D eigenvalue weighted by Crippen LogP contribution is -2.13. The van der Waals surface area contributed by atoms with Gasteiger partial charge >= 0.3 is 0 Å². The second-order valence-corrected chi connectivity index (χ2v) is 5.36. The van der Waals surface area contributed by atoms with E-state index < -0.39 is 0 Å². The van der Waals surface area contributed by atoms with Crippen LogP contribution < -0.4 is 5.32 Å². The first-order valence-electron chi connectivity index (χ1n) is 5.64. The Bertz CT molecular complexity index is 418. The second-order valence-electron chi connectivity index (χ2n) is 4.50. The maximum atomic E-state index is 8.76. The first-order valence-corrected chi connectivity index (χ1v) is 6.43. The Balaban J connectivity index is 1.96. The molecule has 1 fully saturated rings. The number of hydrogen-bond donors (Lipinski definition) is 1. The SMILES string of the molecule is CC(CNc1ccc(C#N)cc1Br)C1CC1. The van der Waals surface area contributed by atoms with Gasteiger partial charge in [-0.05, 0) is 58.8 Å². The third kappa shape index (κ3) is 2.76. The Morgan fingerprint density at radius 2 is 2.31 bits per heavy atom. The molecule has 1 aliphatic rings. The van der Waals surface area contributed by atoms with E-state index in [-0.39, 0.29) is 0 Å². The van der Waals surface area contributed by atoms with Gasteiger partial charge in [-0.2, -0.15) is 5.26 Å². The molecule has 2 rings (SSSR count). The van der Waals surface area contributed by atoms with Crippen molar-refractivity contribution < 1.29 is 0 Å². The van der Waals surface area contributed by atoms with Crippen molar-refractivity contribution >= 4 is 21.6 Å². The van der Waals surface area contributed by atoms with Gasteiger partial charge in [-0.3, -0.25) is 0 Å². The monoisotopic (exact) mass is 278 g/mol. The van der Waals surface area contributed by atoms with Gasteiger partial charge in [-0.1, -0.05) is 6.92 Å². The summed E-state index contributed by atoms with van der Waals surface area (Å²) in [5.41, 5.74) is 1.76. The average Bonchev–Trinajstić information content (AvgIpc) is 3.10. The van der Waals surface area contributed by atoms with Crippen LogP contribution in [0.3, 0.4) is 0 Å². The topological polar surface area (TPSA) is 35.8 Å². The summed E-state index contributed by atoms with van der Waals surface area (Å²) in [4.78, 5) is 0. The van der Waals surface area contributed by atoms with Crippen molar-refractivity contribution in [3.8, 4) is 6.07 Å². The number of anilines is 1. The van der Waals surface area contributed by atoms with Crippen molar-refractivity contribution in [2.45, 2.75) is 19.8 Å². The molecule has 84 valence electrons. The molecule has 0 spiro atoms. The molecule has 0 aromatic heterocycles. The molecule has 1 aliphatic carbocycles. The van der Waals surface area contributed by atoms with Gasteiger partial charge in [0, 0.05) is 16.7 Å². The summed E-state index contributed by atoms with van der Waals surface area (Å²) in [7, 11) is 0. The van der Waals surface area contributed by atoms with Gasteiger partial charge in [0.15, 0.2) is 0 Å². The molecule has 1 atom stereocenters. The van der Waals surface area contributed by atoms with Crippen LogP contribution in [0.25, 0.3) is 0 Å². The van der Waals surface area contributed by atoms with Gasteiger partial charge in [0.25, 0.3) is 0 Å². The van der Waals surface area contributed by atoms with E-state index in [1.807, 2.05) is 18.2 Å². The highest BCUT2D eigenvalue weighted by atomic mass is 79.9. The predicted molar refractivity (Wildman–Crippen MR) is 69.2 cm³/mol. The van der Waals surface area contributed by atoms with Crippen LogP contribution in [0.2, 0.25) is 0 Å². The van der Waals surface area contributed by atoms with Crippen molar-refractivity contribution in [1.29, 1.82) is 5.26 Å². The van der Waals surface area contributed by atoms with Crippen molar-refractivity contribution in [2.75, 3.05) is 11.9 Å². The van der Waals surface area contributed by atoms with Gasteiger partial charge in [0.2, 0.25) is 0 Å². The molecule has 1 aromatic carbocycles. The highest BCUT2D eigenvalue weighted by Gasteiger charge is 2.27. The number of nitrogens with one attached hydrogen (secondary N) is 1. The predicted octanol–water partition coefficient (Wildman–Crippen LogP) is 3.78. The van der Waals surface area contributed by atoms with Crippen LogP contribution in [0, 0.1) is 23.2 Å². The molecule has 16 heavy (non-hydrogen) atoms. The van der Waals surface area contributed by atoms with E-state index in [1.54, 1.807) is 0 Å². The fourth-order valence-electron chi connectivity index (χ4n) is 1.83. The Morgan fingerprint density at radius 3 is 2.88 bits per heavy atom. The van der Waals surface area contributed by atoms with Gasteiger partial charge in [0.1, 0.15) is 0 Å². The summed E-state index contributed by atoms with van der Waals surface area (Å²) >= 11 is 3.48. The first kappa shape index (κ1) is 11.5. The molecular weight excluding hydrogens is 264 g/mol. The quantitative estimate of drug-likeness (QED) is 0.910. The minimum absolute atomic E-state index is 0.688. The summed E-state index contributed by atoms with van der Waals surface area (Å²) in [6, 6.07) is 7.78. The molecule has 1 aromatic rings.